The SMILES string of the molecule is C=C[C@@H]1C[C@]12CCC(=O)N2. The predicted octanol–water partition coefficient (Wildman–Crippen LogP) is 0.841. The summed E-state index contributed by atoms with van der Waals surface area (Å²) >= 11 is 0. The lowest BCUT2D eigenvalue weighted by molar-refractivity contribution is -0.119. The number of nitrogens with one attached hydrogen (secondary N) is 1. The molecule has 0 aromatic carbocycles. The maximum atomic E-state index is 10.8. The van der Waals surface area contributed by atoms with Crippen molar-refractivity contribution in [2.24, 2.45) is 5.92 Å². The van der Waals surface area contributed by atoms with Gasteiger partial charge in [-0.05, 0) is 12.8 Å². The summed E-state index contributed by atoms with van der Waals surface area (Å²) in [7, 11) is 0. The zero-order valence-electron chi connectivity index (χ0n) is 5.89. The predicted molar refractivity (Wildman–Crippen MR) is 38.4 cm³/mol. The van der Waals surface area contributed by atoms with E-state index in [2.05, 4.69) is 11.9 Å². The summed E-state index contributed by atoms with van der Waals surface area (Å²) in [6.45, 7) is 3.72. The molecule has 2 nitrogen and oxygen atoms in total. The van der Waals surface area contributed by atoms with Gasteiger partial charge in [-0.2, -0.15) is 0 Å². The van der Waals surface area contributed by atoms with Crippen molar-refractivity contribution in [3.63, 3.8) is 0 Å². The highest BCUT2D eigenvalue weighted by Gasteiger charge is 2.55. The number of hydrogen-bond acceptors (Lipinski definition) is 1. The van der Waals surface area contributed by atoms with Crippen LogP contribution in [-0.2, 0) is 4.79 Å². The Kier molecular flexibility index (Phi) is 0.967. The number of hydrogen-bond donors (Lipinski definition) is 1. The van der Waals surface area contributed by atoms with Gasteiger partial charge in [-0.1, -0.05) is 6.08 Å². The maximum absolute atomic E-state index is 10.8. The quantitative estimate of drug-likeness (QED) is 0.533. The van der Waals surface area contributed by atoms with E-state index < -0.39 is 0 Å². The molecule has 1 heterocycles. The van der Waals surface area contributed by atoms with Crippen molar-refractivity contribution in [1.29, 1.82) is 0 Å². The van der Waals surface area contributed by atoms with Gasteiger partial charge in [0.25, 0.3) is 0 Å². The molecule has 1 N–H and O–H groups in total. The average molecular weight is 137 g/mol. The highest BCUT2D eigenvalue weighted by atomic mass is 16.2. The molecule has 0 bridgehead atoms. The molecule has 1 aliphatic heterocycles. The van der Waals surface area contributed by atoms with Crippen LogP contribution in [0.4, 0.5) is 0 Å². The Morgan fingerprint density at radius 1 is 1.80 bits per heavy atom. The van der Waals surface area contributed by atoms with Gasteiger partial charge >= 0.3 is 0 Å². The third kappa shape index (κ3) is 0.618. The van der Waals surface area contributed by atoms with Gasteiger partial charge in [0.2, 0.25) is 5.91 Å². The molecule has 0 aromatic heterocycles. The molecule has 54 valence electrons. The lowest BCUT2D eigenvalue weighted by Crippen LogP contribution is -2.28. The smallest absolute Gasteiger partial charge is 0.220 e. The Morgan fingerprint density at radius 2 is 2.60 bits per heavy atom. The zero-order valence-corrected chi connectivity index (χ0v) is 5.89. The van der Waals surface area contributed by atoms with Gasteiger partial charge in [-0.15, -0.1) is 6.58 Å². The van der Waals surface area contributed by atoms with Crippen LogP contribution < -0.4 is 5.32 Å². The van der Waals surface area contributed by atoms with Gasteiger partial charge in [-0.3, -0.25) is 4.79 Å². The summed E-state index contributed by atoms with van der Waals surface area (Å²) in [5, 5.41) is 3.00. The van der Waals surface area contributed by atoms with Gasteiger partial charge in [0.15, 0.2) is 0 Å². The molecule has 0 aromatic rings. The molecule has 1 saturated heterocycles. The van der Waals surface area contributed by atoms with Crippen LogP contribution in [-0.4, -0.2) is 11.4 Å². The topological polar surface area (TPSA) is 29.1 Å². The Bertz CT molecular complexity index is 199. The molecule has 1 amide bonds. The highest BCUT2D eigenvalue weighted by Crippen LogP contribution is 2.50. The zero-order chi connectivity index (χ0) is 7.19. The van der Waals surface area contributed by atoms with E-state index in [9.17, 15) is 4.79 Å². The summed E-state index contributed by atoms with van der Waals surface area (Å²) in [4.78, 5) is 10.8. The normalized spacial score (nSPS) is 43.6. The molecule has 2 fully saturated rings. The van der Waals surface area contributed by atoms with Crippen LogP contribution in [0.2, 0.25) is 0 Å². The van der Waals surface area contributed by atoms with Crippen molar-refractivity contribution in [2.75, 3.05) is 0 Å². The van der Waals surface area contributed by atoms with Crippen molar-refractivity contribution in [2.45, 2.75) is 24.8 Å². The molecular weight excluding hydrogens is 126 g/mol. The molecular formula is C8H11NO. The van der Waals surface area contributed by atoms with Crippen LogP contribution in [0, 0.1) is 5.92 Å². The van der Waals surface area contributed by atoms with Crippen LogP contribution in [0.15, 0.2) is 12.7 Å². The summed E-state index contributed by atoms with van der Waals surface area (Å²) in [6, 6.07) is 0. The summed E-state index contributed by atoms with van der Waals surface area (Å²) in [5.74, 6) is 0.767. The minimum absolute atomic E-state index is 0.166. The minimum atomic E-state index is 0.166. The molecule has 0 unspecified atom stereocenters. The molecule has 0 radical (unpaired) electrons. The van der Waals surface area contributed by atoms with Gasteiger partial charge in [-0.25, -0.2) is 0 Å². The molecule has 2 aliphatic rings. The van der Waals surface area contributed by atoms with Crippen molar-refractivity contribution < 1.29 is 4.79 Å². The lowest BCUT2D eigenvalue weighted by atomic mass is 10.1. The Balaban J connectivity index is 2.08. The fraction of sp³-hybridized carbons (Fsp3) is 0.625. The van der Waals surface area contributed by atoms with Crippen LogP contribution in [0.5, 0.6) is 0 Å². The molecule has 2 heteroatoms. The molecule has 10 heavy (non-hydrogen) atoms. The first-order chi connectivity index (χ1) is 4.77. The van der Waals surface area contributed by atoms with E-state index in [4.69, 9.17) is 0 Å². The standard InChI is InChI=1S/C8H11NO/c1-2-6-5-8(6)4-3-7(10)9-8/h2,6H,1,3-5H2,(H,9,10)/t6-,8-/m1/s1. The van der Waals surface area contributed by atoms with Crippen molar-refractivity contribution in [3.05, 3.63) is 12.7 Å². The van der Waals surface area contributed by atoms with Crippen LogP contribution >= 0.6 is 0 Å². The van der Waals surface area contributed by atoms with E-state index in [0.717, 1.165) is 12.8 Å². The molecule has 2 rings (SSSR count). The van der Waals surface area contributed by atoms with E-state index in [1.54, 1.807) is 0 Å². The fourth-order valence-corrected chi connectivity index (χ4v) is 1.81. The second-order valence-electron chi connectivity index (χ2n) is 3.25. The monoisotopic (exact) mass is 137 g/mol. The highest BCUT2D eigenvalue weighted by molar-refractivity contribution is 5.80. The van der Waals surface area contributed by atoms with E-state index in [1.807, 2.05) is 6.08 Å². The fourth-order valence-electron chi connectivity index (χ4n) is 1.81. The molecule has 1 aliphatic carbocycles. The van der Waals surface area contributed by atoms with Crippen LogP contribution in [0.3, 0.4) is 0 Å². The molecule has 2 atom stereocenters. The number of carbonyl (C=O) groups is 1. The van der Waals surface area contributed by atoms with E-state index >= 15 is 0 Å². The van der Waals surface area contributed by atoms with Crippen LogP contribution in [0.1, 0.15) is 19.3 Å². The van der Waals surface area contributed by atoms with Crippen molar-refractivity contribution in [1.82, 2.24) is 5.32 Å². The van der Waals surface area contributed by atoms with Gasteiger partial charge in [0.05, 0.1) is 0 Å². The summed E-state index contributed by atoms with van der Waals surface area (Å²) in [5.41, 5.74) is 0.166. The number of amides is 1. The number of rotatable bonds is 1. The molecule has 1 spiro atoms. The second-order valence-corrected chi connectivity index (χ2v) is 3.25. The second kappa shape index (κ2) is 1.62. The van der Waals surface area contributed by atoms with Gasteiger partial charge in [0.1, 0.15) is 0 Å². The van der Waals surface area contributed by atoms with E-state index in [1.165, 1.54) is 0 Å². The van der Waals surface area contributed by atoms with Gasteiger partial charge < -0.3 is 5.32 Å². The first-order valence-electron chi connectivity index (χ1n) is 3.70. The largest absolute Gasteiger partial charge is 0.350 e. The Hall–Kier alpha value is -0.790. The maximum Gasteiger partial charge on any atom is 0.220 e. The Labute approximate surface area is 60.3 Å². The minimum Gasteiger partial charge on any atom is -0.350 e. The van der Waals surface area contributed by atoms with Crippen LogP contribution in [0.25, 0.3) is 0 Å². The summed E-state index contributed by atoms with van der Waals surface area (Å²) < 4.78 is 0. The first-order valence-corrected chi connectivity index (χ1v) is 3.70. The molecule has 1 saturated carbocycles. The van der Waals surface area contributed by atoms with E-state index in [0.29, 0.717) is 12.3 Å². The third-order valence-electron chi connectivity index (χ3n) is 2.60. The summed E-state index contributed by atoms with van der Waals surface area (Å²) in [6.07, 6.45) is 4.79. The number of carbonyl (C=O) groups excluding carboxylic acids is 1. The van der Waals surface area contributed by atoms with Gasteiger partial charge in [0, 0.05) is 17.9 Å². The Morgan fingerprint density at radius 3 is 3.00 bits per heavy atom. The first kappa shape index (κ1) is 5.96. The third-order valence-corrected chi connectivity index (χ3v) is 2.60. The van der Waals surface area contributed by atoms with Crippen molar-refractivity contribution >= 4 is 5.91 Å². The van der Waals surface area contributed by atoms with Crippen molar-refractivity contribution in [3.8, 4) is 0 Å². The lowest BCUT2D eigenvalue weighted by Gasteiger charge is -2.05. The van der Waals surface area contributed by atoms with E-state index in [-0.39, 0.29) is 11.4 Å². The average Bonchev–Trinajstić information content (AvgIpc) is 2.46.